The number of phenolic OH excluding ortho intramolecular Hbond substituents is 1. The smallest absolute Gasteiger partial charge is 0.321 e. The van der Waals surface area contributed by atoms with E-state index < -0.39 is 5.82 Å². The largest absolute Gasteiger partial charge is 0.508 e. The van der Waals surface area contributed by atoms with E-state index in [0.29, 0.717) is 48.7 Å². The average Bonchev–Trinajstić information content (AvgIpc) is 2.80. The van der Waals surface area contributed by atoms with Crippen molar-refractivity contribution < 1.29 is 23.8 Å². The van der Waals surface area contributed by atoms with E-state index in [-0.39, 0.29) is 23.5 Å². The minimum absolute atomic E-state index is 0.0268. The molecule has 4 rings (SSSR count). The Morgan fingerprint density at radius 1 is 0.969 bits per heavy atom. The number of urea groups is 1. The Balaban J connectivity index is 1.36. The summed E-state index contributed by atoms with van der Waals surface area (Å²) in [7, 11) is 0. The van der Waals surface area contributed by atoms with Gasteiger partial charge in [0.1, 0.15) is 17.3 Å². The Labute approximate surface area is 185 Å². The van der Waals surface area contributed by atoms with Crippen LogP contribution in [0.1, 0.15) is 23.2 Å². The topological polar surface area (TPSA) is 78.9 Å². The summed E-state index contributed by atoms with van der Waals surface area (Å²) >= 11 is 0. The molecule has 0 saturated carbocycles. The maximum Gasteiger partial charge on any atom is 0.321 e. The van der Waals surface area contributed by atoms with Gasteiger partial charge in [0.15, 0.2) is 11.5 Å². The Morgan fingerprint density at radius 2 is 1.69 bits per heavy atom. The number of carbonyl (C=O) groups is 2. The number of ether oxygens (including phenoxy) is 1. The van der Waals surface area contributed by atoms with Crippen LogP contribution >= 0.6 is 0 Å². The highest BCUT2D eigenvalue weighted by Gasteiger charge is 2.28. The predicted octanol–water partition coefficient (Wildman–Crippen LogP) is 5.45. The summed E-state index contributed by atoms with van der Waals surface area (Å²) < 4.78 is 19.2. The van der Waals surface area contributed by atoms with Crippen molar-refractivity contribution in [2.24, 2.45) is 5.92 Å². The third-order valence-electron chi connectivity index (χ3n) is 5.46. The molecule has 1 aliphatic rings. The van der Waals surface area contributed by atoms with E-state index in [0.717, 1.165) is 0 Å². The lowest BCUT2D eigenvalue weighted by Gasteiger charge is -2.31. The van der Waals surface area contributed by atoms with Gasteiger partial charge in [-0.2, -0.15) is 0 Å². The fourth-order valence-electron chi connectivity index (χ4n) is 3.72. The van der Waals surface area contributed by atoms with Gasteiger partial charge >= 0.3 is 6.03 Å². The van der Waals surface area contributed by atoms with Crippen LogP contribution in [0.3, 0.4) is 0 Å². The molecule has 0 aromatic heterocycles. The third-order valence-corrected chi connectivity index (χ3v) is 5.46. The van der Waals surface area contributed by atoms with E-state index in [9.17, 15) is 19.1 Å². The number of Topliss-reactive ketones (excluding diaryl/α,β-unsaturated/α-hetero) is 1. The molecular weight excluding hydrogens is 411 g/mol. The first kappa shape index (κ1) is 21.4. The minimum atomic E-state index is -0.409. The molecule has 164 valence electrons. The van der Waals surface area contributed by atoms with Crippen LogP contribution in [0.2, 0.25) is 0 Å². The quantitative estimate of drug-likeness (QED) is 0.524. The summed E-state index contributed by atoms with van der Waals surface area (Å²) in [6, 6.07) is 18.7. The number of nitrogens with zero attached hydrogens (tertiary/aromatic N) is 1. The van der Waals surface area contributed by atoms with Gasteiger partial charge in [-0.3, -0.25) is 4.79 Å². The monoisotopic (exact) mass is 434 g/mol. The molecule has 32 heavy (non-hydrogen) atoms. The lowest BCUT2D eigenvalue weighted by molar-refractivity contribution is 0.0859. The molecule has 6 nitrogen and oxygen atoms in total. The molecule has 3 aromatic carbocycles. The van der Waals surface area contributed by atoms with E-state index in [4.69, 9.17) is 4.74 Å². The highest BCUT2D eigenvalue weighted by atomic mass is 19.1. The number of hydrogen-bond acceptors (Lipinski definition) is 4. The van der Waals surface area contributed by atoms with Crippen molar-refractivity contribution in [3.8, 4) is 17.2 Å². The van der Waals surface area contributed by atoms with Gasteiger partial charge in [0.2, 0.25) is 0 Å². The second-order valence-corrected chi connectivity index (χ2v) is 7.66. The third kappa shape index (κ3) is 5.06. The minimum Gasteiger partial charge on any atom is -0.508 e. The van der Waals surface area contributed by atoms with Crippen molar-refractivity contribution in [1.29, 1.82) is 0 Å². The first-order valence-electron chi connectivity index (χ1n) is 10.4. The van der Waals surface area contributed by atoms with Gasteiger partial charge in [-0.1, -0.05) is 18.2 Å². The molecule has 1 aliphatic heterocycles. The fourth-order valence-corrected chi connectivity index (χ4v) is 3.72. The second kappa shape index (κ2) is 9.51. The number of anilines is 1. The number of aromatic hydroxyl groups is 1. The summed E-state index contributed by atoms with van der Waals surface area (Å²) in [6.07, 6.45) is 1.13. The van der Waals surface area contributed by atoms with Gasteiger partial charge < -0.3 is 20.1 Å². The van der Waals surface area contributed by atoms with Crippen LogP contribution in [0.5, 0.6) is 17.2 Å². The van der Waals surface area contributed by atoms with Gasteiger partial charge in [-0.25, -0.2) is 9.18 Å². The summed E-state index contributed by atoms with van der Waals surface area (Å²) in [6.45, 7) is 0.903. The van der Waals surface area contributed by atoms with Crippen LogP contribution in [0.4, 0.5) is 14.9 Å². The molecule has 2 N–H and O–H groups in total. The number of rotatable bonds is 5. The summed E-state index contributed by atoms with van der Waals surface area (Å²) in [5.74, 6) is 0.318. The zero-order valence-corrected chi connectivity index (χ0v) is 17.3. The molecule has 1 heterocycles. The first-order valence-corrected chi connectivity index (χ1v) is 10.4. The number of hydrogen-bond donors (Lipinski definition) is 2. The van der Waals surface area contributed by atoms with Crippen molar-refractivity contribution in [2.45, 2.75) is 12.8 Å². The fraction of sp³-hybridized carbons (Fsp3) is 0.200. The number of halogens is 1. The molecule has 0 unspecified atom stereocenters. The number of likely N-dealkylation sites (tertiary alicyclic amines) is 1. The van der Waals surface area contributed by atoms with Crippen molar-refractivity contribution in [2.75, 3.05) is 18.4 Å². The second-order valence-electron chi connectivity index (χ2n) is 7.66. The van der Waals surface area contributed by atoms with Crippen LogP contribution in [-0.2, 0) is 0 Å². The summed E-state index contributed by atoms with van der Waals surface area (Å²) in [5, 5.41) is 12.2. The van der Waals surface area contributed by atoms with Gasteiger partial charge in [-0.15, -0.1) is 0 Å². The Bertz CT molecular complexity index is 1110. The van der Waals surface area contributed by atoms with Crippen LogP contribution in [0, 0.1) is 11.7 Å². The molecule has 0 bridgehead atoms. The molecule has 3 aromatic rings. The normalized spacial score (nSPS) is 14.1. The SMILES string of the molecule is O=C(c1ccc(O)cc1)C1CCN(C(=O)Nc2ccccc2Oc2cccc(F)c2)CC1. The van der Waals surface area contributed by atoms with Crippen LogP contribution in [0.25, 0.3) is 0 Å². The number of para-hydroxylation sites is 2. The summed E-state index contributed by atoms with van der Waals surface area (Å²) in [5.41, 5.74) is 1.04. The first-order chi connectivity index (χ1) is 15.5. The number of carbonyl (C=O) groups excluding carboxylic acids is 2. The van der Waals surface area contributed by atoms with E-state index in [2.05, 4.69) is 5.32 Å². The number of phenols is 1. The number of piperidine rings is 1. The molecule has 0 spiro atoms. The molecule has 1 fully saturated rings. The molecule has 0 radical (unpaired) electrons. The van der Waals surface area contributed by atoms with Crippen LogP contribution < -0.4 is 10.1 Å². The molecule has 7 heteroatoms. The predicted molar refractivity (Wildman–Crippen MR) is 119 cm³/mol. The van der Waals surface area contributed by atoms with Crippen molar-refractivity contribution in [3.63, 3.8) is 0 Å². The molecule has 0 aliphatic carbocycles. The van der Waals surface area contributed by atoms with Gasteiger partial charge in [-0.05, 0) is 61.4 Å². The van der Waals surface area contributed by atoms with Crippen molar-refractivity contribution in [1.82, 2.24) is 4.90 Å². The Kier molecular flexibility index (Phi) is 6.35. The van der Waals surface area contributed by atoms with Crippen molar-refractivity contribution >= 4 is 17.5 Å². The zero-order chi connectivity index (χ0) is 22.5. The lowest BCUT2D eigenvalue weighted by Crippen LogP contribution is -2.42. The highest BCUT2D eigenvalue weighted by Crippen LogP contribution is 2.30. The Morgan fingerprint density at radius 3 is 2.41 bits per heavy atom. The molecular formula is C25H23FN2O4. The van der Waals surface area contributed by atoms with Gasteiger partial charge in [0.05, 0.1) is 5.69 Å². The van der Waals surface area contributed by atoms with E-state index >= 15 is 0 Å². The number of amides is 2. The van der Waals surface area contributed by atoms with Crippen molar-refractivity contribution in [3.05, 3.63) is 84.2 Å². The number of nitrogens with one attached hydrogen (secondary N) is 1. The maximum atomic E-state index is 13.4. The summed E-state index contributed by atoms with van der Waals surface area (Å²) in [4.78, 5) is 27.1. The van der Waals surface area contributed by atoms with Gasteiger partial charge in [0, 0.05) is 30.6 Å². The zero-order valence-electron chi connectivity index (χ0n) is 17.3. The highest BCUT2D eigenvalue weighted by molar-refractivity contribution is 5.98. The maximum absolute atomic E-state index is 13.4. The standard InChI is InChI=1S/C25H23FN2O4/c26-19-4-3-5-21(16-19)32-23-7-2-1-6-22(23)27-25(31)28-14-12-18(13-15-28)24(30)17-8-10-20(29)11-9-17/h1-11,16,18,29H,12-15H2,(H,27,31). The van der Waals surface area contributed by atoms with Gasteiger partial charge in [0.25, 0.3) is 0 Å². The molecule has 1 saturated heterocycles. The van der Waals surface area contributed by atoms with E-state index in [1.165, 1.54) is 24.3 Å². The van der Waals surface area contributed by atoms with Crippen LogP contribution in [0.15, 0.2) is 72.8 Å². The lowest BCUT2D eigenvalue weighted by atomic mass is 9.89. The van der Waals surface area contributed by atoms with E-state index in [1.807, 2.05) is 0 Å². The Hall–Kier alpha value is -3.87. The molecule has 0 atom stereocenters. The van der Waals surface area contributed by atoms with E-state index in [1.54, 1.807) is 53.4 Å². The number of ketones is 1. The average molecular weight is 434 g/mol. The molecule has 2 amide bonds. The van der Waals surface area contributed by atoms with Crippen LogP contribution in [-0.4, -0.2) is 34.9 Å². The number of benzene rings is 3.